The molecule has 2 nitrogen and oxygen atoms in total. The van der Waals surface area contributed by atoms with Crippen molar-refractivity contribution in [3.63, 3.8) is 0 Å². The molecule has 0 aliphatic carbocycles. The van der Waals surface area contributed by atoms with E-state index >= 15 is 0 Å². The fraction of sp³-hybridized carbons (Fsp3) is 0. The molecule has 0 radical (unpaired) electrons. The molecule has 12 heavy (non-hydrogen) atoms. The number of rotatable bonds is 1. The molecular formula is C9H9N2S+. The quantitative estimate of drug-likeness (QED) is 0.656. The molecule has 1 aromatic heterocycles. The smallest absolute Gasteiger partial charge is 0.151 e. The lowest BCUT2D eigenvalue weighted by Crippen LogP contribution is -1.80. The summed E-state index contributed by atoms with van der Waals surface area (Å²) in [5, 5.41) is 0. The molecule has 3 heteroatoms. The Morgan fingerprint density at radius 1 is 1.33 bits per heavy atom. The third-order valence-corrected chi connectivity index (χ3v) is 1.95. The van der Waals surface area contributed by atoms with Gasteiger partial charge in [0.1, 0.15) is 5.82 Å². The van der Waals surface area contributed by atoms with E-state index in [-0.39, 0.29) is 0 Å². The van der Waals surface area contributed by atoms with Crippen molar-refractivity contribution in [1.82, 2.24) is 9.97 Å². The Hall–Kier alpha value is -1.22. The molecule has 2 aromatic rings. The highest BCUT2D eigenvalue weighted by Crippen LogP contribution is 2.15. The number of benzene rings is 1. The second kappa shape index (κ2) is 3.03. The van der Waals surface area contributed by atoms with E-state index in [0.717, 1.165) is 16.3 Å². The summed E-state index contributed by atoms with van der Waals surface area (Å²) in [5.74, 6) is 0.898. The fourth-order valence-corrected chi connectivity index (χ4v) is 1.34. The molecule has 1 N–H and O–H groups in total. The molecule has 0 spiro atoms. The van der Waals surface area contributed by atoms with E-state index in [1.54, 1.807) is 6.20 Å². The second-order valence-electron chi connectivity index (χ2n) is 2.52. The standard InChI is InChI=1S/C9H8N2S/c12-8-3-1-2-7(6-8)9-10-4-5-11-9/h1-6,12H,(H,10,11)/p+1. The Bertz CT molecular complexity index is 368. The number of aromatic nitrogens is 2. The van der Waals surface area contributed by atoms with Gasteiger partial charge in [-0.25, -0.2) is 4.98 Å². The van der Waals surface area contributed by atoms with Gasteiger partial charge in [-0.1, -0.05) is 12.1 Å². The van der Waals surface area contributed by atoms with Crippen LogP contribution in [0.1, 0.15) is 0 Å². The predicted octanol–water partition coefficient (Wildman–Crippen LogP) is 1.45. The van der Waals surface area contributed by atoms with Gasteiger partial charge in [-0.05, 0) is 18.7 Å². The van der Waals surface area contributed by atoms with Gasteiger partial charge in [0.05, 0.1) is 0 Å². The fourth-order valence-electron chi connectivity index (χ4n) is 1.09. The second-order valence-corrected chi connectivity index (χ2v) is 3.10. The highest BCUT2D eigenvalue weighted by Gasteiger charge is 2.00. The van der Waals surface area contributed by atoms with Gasteiger partial charge in [0, 0.05) is 24.0 Å². The molecule has 0 saturated carbocycles. The number of hydrogen-bond acceptors (Lipinski definition) is 1. The van der Waals surface area contributed by atoms with Crippen LogP contribution in [0.3, 0.4) is 0 Å². The molecule has 0 bridgehead atoms. The highest BCUT2D eigenvalue weighted by molar-refractivity contribution is 7.58. The zero-order valence-corrected chi connectivity index (χ0v) is 7.41. The van der Waals surface area contributed by atoms with Crippen LogP contribution in [0, 0.1) is 0 Å². The van der Waals surface area contributed by atoms with Gasteiger partial charge in [0.15, 0.2) is 4.90 Å². The topological polar surface area (TPSA) is 28.7 Å². The van der Waals surface area contributed by atoms with E-state index in [1.165, 1.54) is 0 Å². The Kier molecular flexibility index (Phi) is 1.87. The van der Waals surface area contributed by atoms with Crippen molar-refractivity contribution in [2.24, 2.45) is 0 Å². The predicted molar refractivity (Wildman–Crippen MR) is 52.4 cm³/mol. The summed E-state index contributed by atoms with van der Waals surface area (Å²) in [5.41, 5.74) is 1.09. The number of nitrogens with one attached hydrogen (secondary N) is 1. The first-order chi connectivity index (χ1) is 5.86. The molecule has 1 aromatic carbocycles. The number of hydrogen-bond donors (Lipinski definition) is 1. The van der Waals surface area contributed by atoms with Gasteiger partial charge in [0.2, 0.25) is 0 Å². The van der Waals surface area contributed by atoms with Crippen LogP contribution in [0.5, 0.6) is 0 Å². The van der Waals surface area contributed by atoms with Crippen LogP contribution >= 0.6 is 0 Å². The van der Waals surface area contributed by atoms with Crippen LogP contribution in [-0.4, -0.2) is 9.97 Å². The van der Waals surface area contributed by atoms with Crippen molar-refractivity contribution >= 4 is 12.6 Å². The SMILES string of the molecule is [SH2+]c1cccc(-c2ncc[nH]2)c1. The maximum atomic E-state index is 4.15. The van der Waals surface area contributed by atoms with E-state index in [4.69, 9.17) is 0 Å². The maximum Gasteiger partial charge on any atom is 0.151 e. The summed E-state index contributed by atoms with van der Waals surface area (Å²) in [7, 11) is 0. The Labute approximate surface area is 76.1 Å². The van der Waals surface area contributed by atoms with Crippen molar-refractivity contribution in [2.45, 2.75) is 4.90 Å². The minimum atomic E-state index is 0.898. The summed E-state index contributed by atoms with van der Waals surface area (Å²) < 4.78 is 0. The van der Waals surface area contributed by atoms with Gasteiger partial charge >= 0.3 is 0 Å². The molecule has 0 amide bonds. The molecule has 1 heterocycles. The number of nitrogens with zero attached hydrogens (tertiary/aromatic N) is 1. The van der Waals surface area contributed by atoms with Gasteiger partial charge < -0.3 is 4.98 Å². The number of aromatic amines is 1. The van der Waals surface area contributed by atoms with E-state index in [2.05, 4.69) is 22.6 Å². The zero-order chi connectivity index (χ0) is 8.39. The highest BCUT2D eigenvalue weighted by atomic mass is 32.1. The van der Waals surface area contributed by atoms with Crippen molar-refractivity contribution in [3.05, 3.63) is 36.7 Å². The molecule has 0 atom stereocenters. The molecule has 0 aliphatic heterocycles. The van der Waals surface area contributed by atoms with Crippen molar-refractivity contribution < 1.29 is 0 Å². The lowest BCUT2D eigenvalue weighted by Gasteiger charge is -1.93. The molecular weight excluding hydrogens is 168 g/mol. The van der Waals surface area contributed by atoms with Crippen molar-refractivity contribution in [3.8, 4) is 11.4 Å². The van der Waals surface area contributed by atoms with E-state index in [0.29, 0.717) is 0 Å². The molecule has 2 rings (SSSR count). The van der Waals surface area contributed by atoms with Crippen LogP contribution in [0.25, 0.3) is 11.4 Å². The van der Waals surface area contributed by atoms with Gasteiger partial charge in [-0.2, -0.15) is 0 Å². The van der Waals surface area contributed by atoms with Crippen molar-refractivity contribution in [2.75, 3.05) is 0 Å². The molecule has 0 unspecified atom stereocenters. The summed E-state index contributed by atoms with van der Waals surface area (Å²) in [6.45, 7) is 0. The first-order valence-electron chi connectivity index (χ1n) is 3.68. The summed E-state index contributed by atoms with van der Waals surface area (Å²) >= 11 is 3.46. The minimum Gasteiger partial charge on any atom is -0.345 e. The normalized spacial score (nSPS) is 10.1. The Balaban J connectivity index is 2.48. The van der Waals surface area contributed by atoms with Crippen LogP contribution in [-0.2, 0) is 12.6 Å². The number of imidazole rings is 1. The number of H-pyrrole nitrogens is 1. The average molecular weight is 177 g/mol. The molecule has 0 fully saturated rings. The summed E-state index contributed by atoms with van der Waals surface area (Å²) in [4.78, 5) is 8.26. The Morgan fingerprint density at radius 3 is 2.92 bits per heavy atom. The molecule has 0 aliphatic rings. The molecule has 60 valence electrons. The zero-order valence-electron chi connectivity index (χ0n) is 6.41. The van der Waals surface area contributed by atoms with Gasteiger partial charge in [0.25, 0.3) is 0 Å². The monoisotopic (exact) mass is 177 g/mol. The van der Waals surface area contributed by atoms with E-state index in [1.807, 2.05) is 30.5 Å². The first-order valence-corrected chi connectivity index (χ1v) is 4.18. The first kappa shape index (κ1) is 7.43. The van der Waals surface area contributed by atoms with Crippen LogP contribution in [0.4, 0.5) is 0 Å². The largest absolute Gasteiger partial charge is 0.345 e. The van der Waals surface area contributed by atoms with Crippen LogP contribution in [0.2, 0.25) is 0 Å². The lowest BCUT2D eigenvalue weighted by molar-refractivity contribution is 1.29. The van der Waals surface area contributed by atoms with Crippen LogP contribution < -0.4 is 0 Å². The Morgan fingerprint density at radius 2 is 2.25 bits per heavy atom. The summed E-state index contributed by atoms with van der Waals surface area (Å²) in [6, 6.07) is 8.02. The van der Waals surface area contributed by atoms with Gasteiger partial charge in [-0.3, -0.25) is 0 Å². The lowest BCUT2D eigenvalue weighted by atomic mass is 10.2. The van der Waals surface area contributed by atoms with E-state index < -0.39 is 0 Å². The van der Waals surface area contributed by atoms with Gasteiger partial charge in [-0.15, -0.1) is 0 Å². The molecule has 0 saturated heterocycles. The minimum absolute atomic E-state index is 0.898. The van der Waals surface area contributed by atoms with Crippen LogP contribution in [0.15, 0.2) is 41.6 Å². The average Bonchev–Trinajstić information content (AvgIpc) is 2.56. The summed E-state index contributed by atoms with van der Waals surface area (Å²) in [6.07, 6.45) is 3.56. The van der Waals surface area contributed by atoms with Crippen molar-refractivity contribution in [1.29, 1.82) is 0 Å². The van der Waals surface area contributed by atoms with E-state index in [9.17, 15) is 0 Å². The third-order valence-electron chi connectivity index (χ3n) is 1.63. The third kappa shape index (κ3) is 1.36. The maximum absolute atomic E-state index is 4.15.